The second-order valence-electron chi connectivity index (χ2n) is 9.44. The Balaban J connectivity index is 1.25. The Bertz CT molecular complexity index is 1230. The summed E-state index contributed by atoms with van der Waals surface area (Å²) in [7, 11) is 0. The van der Waals surface area contributed by atoms with Gasteiger partial charge in [0.05, 0.1) is 11.8 Å². The van der Waals surface area contributed by atoms with Crippen molar-refractivity contribution in [2.24, 2.45) is 23.7 Å². The molecule has 3 amide bonds. The number of hydrogen-bond acceptors (Lipinski definition) is 4. The molecule has 0 aromatic heterocycles. The molecule has 0 unspecified atom stereocenters. The Morgan fingerprint density at radius 3 is 2.12 bits per heavy atom. The number of imide groups is 1. The van der Waals surface area contributed by atoms with E-state index >= 15 is 0 Å². The van der Waals surface area contributed by atoms with E-state index in [4.69, 9.17) is 0 Å². The van der Waals surface area contributed by atoms with E-state index in [9.17, 15) is 19.2 Å². The van der Waals surface area contributed by atoms with Crippen LogP contribution in [0, 0.1) is 23.7 Å². The molecule has 166 valence electrons. The van der Waals surface area contributed by atoms with Crippen molar-refractivity contribution in [3.8, 4) is 11.1 Å². The van der Waals surface area contributed by atoms with E-state index < -0.39 is 11.9 Å². The van der Waals surface area contributed by atoms with E-state index in [1.165, 1.54) is 4.90 Å². The molecule has 1 aliphatic heterocycles. The Morgan fingerprint density at radius 1 is 0.909 bits per heavy atom. The normalized spacial score (nSPS) is 27.4. The molecule has 1 N–H and O–H groups in total. The summed E-state index contributed by atoms with van der Waals surface area (Å²) in [5.41, 5.74) is 3.42. The SMILES string of the molecule is CC[C@H](C(=O)Nc1ccc2c(c1)C(=O)c1ccccc1-2)N1C(=O)[C@@H]2[C@@H](C1=O)[C@H]1C=C[C@H]2CC1. The first-order valence-corrected chi connectivity index (χ1v) is 11.6. The van der Waals surface area contributed by atoms with E-state index in [1.807, 2.05) is 31.2 Å². The van der Waals surface area contributed by atoms with Crippen LogP contribution in [0.25, 0.3) is 11.1 Å². The largest absolute Gasteiger partial charge is 0.324 e. The number of benzene rings is 2. The van der Waals surface area contributed by atoms with E-state index in [1.54, 1.807) is 18.2 Å². The summed E-state index contributed by atoms with van der Waals surface area (Å²) in [6.07, 6.45) is 6.32. The van der Waals surface area contributed by atoms with E-state index in [0.717, 1.165) is 24.0 Å². The van der Waals surface area contributed by atoms with Crippen LogP contribution in [0.3, 0.4) is 0 Å². The molecule has 7 rings (SSSR count). The first-order valence-electron chi connectivity index (χ1n) is 11.6. The number of nitrogens with zero attached hydrogens (tertiary/aromatic N) is 1. The van der Waals surface area contributed by atoms with Gasteiger partial charge in [0.25, 0.3) is 0 Å². The predicted octanol–water partition coefficient (Wildman–Crippen LogP) is 3.81. The van der Waals surface area contributed by atoms with Crippen LogP contribution in [0.1, 0.15) is 42.1 Å². The fourth-order valence-corrected chi connectivity index (χ4v) is 6.22. The topological polar surface area (TPSA) is 83.6 Å². The van der Waals surface area contributed by atoms with Crippen LogP contribution in [0.15, 0.2) is 54.6 Å². The predicted molar refractivity (Wildman–Crippen MR) is 122 cm³/mol. The van der Waals surface area contributed by atoms with Gasteiger partial charge in [-0.1, -0.05) is 49.4 Å². The van der Waals surface area contributed by atoms with E-state index in [0.29, 0.717) is 23.2 Å². The van der Waals surface area contributed by atoms with Gasteiger partial charge >= 0.3 is 0 Å². The van der Waals surface area contributed by atoms with Crippen molar-refractivity contribution in [3.63, 3.8) is 0 Å². The minimum Gasteiger partial charge on any atom is -0.324 e. The number of likely N-dealkylation sites (tertiary alicyclic amines) is 1. The van der Waals surface area contributed by atoms with Crippen molar-refractivity contribution in [2.75, 3.05) is 5.32 Å². The van der Waals surface area contributed by atoms with Crippen molar-refractivity contribution in [2.45, 2.75) is 32.2 Å². The highest BCUT2D eigenvalue weighted by Gasteiger charge is 2.58. The Labute approximate surface area is 191 Å². The van der Waals surface area contributed by atoms with Crippen molar-refractivity contribution in [1.82, 2.24) is 4.90 Å². The van der Waals surface area contributed by atoms with Crippen LogP contribution in [-0.2, 0) is 14.4 Å². The molecule has 33 heavy (non-hydrogen) atoms. The first-order chi connectivity index (χ1) is 16.0. The first kappa shape index (κ1) is 20.1. The molecule has 4 aliphatic carbocycles. The summed E-state index contributed by atoms with van der Waals surface area (Å²) in [5, 5.41) is 2.85. The standard InChI is InChI=1S/C27H24N2O4/c1-2-21(29-26(32)22-14-7-8-15(10-9-14)23(22)27(29)33)25(31)28-16-11-12-18-17-5-3-4-6-19(17)24(30)20(18)13-16/h3-8,11-15,21-23H,2,9-10H2,1H3,(H,28,31)/t14-,15-,21+,22-,23-/m0/s1. The van der Waals surface area contributed by atoms with Crippen molar-refractivity contribution in [1.29, 1.82) is 0 Å². The number of fused-ring (bicyclic) bond motifs is 4. The maximum atomic E-state index is 13.3. The summed E-state index contributed by atoms with van der Waals surface area (Å²) in [5.74, 6) is -1.39. The zero-order valence-electron chi connectivity index (χ0n) is 18.3. The Hall–Kier alpha value is -3.54. The monoisotopic (exact) mass is 440 g/mol. The molecule has 1 saturated carbocycles. The zero-order valence-corrected chi connectivity index (χ0v) is 18.3. The third-order valence-corrected chi connectivity index (χ3v) is 7.79. The van der Waals surface area contributed by atoms with Crippen LogP contribution < -0.4 is 5.32 Å². The number of carbonyl (C=O) groups excluding carboxylic acids is 4. The third-order valence-electron chi connectivity index (χ3n) is 7.79. The van der Waals surface area contributed by atoms with Gasteiger partial charge in [0.2, 0.25) is 17.7 Å². The van der Waals surface area contributed by atoms with Gasteiger partial charge in [0, 0.05) is 16.8 Å². The van der Waals surface area contributed by atoms with Crippen LogP contribution in [0.5, 0.6) is 0 Å². The number of anilines is 1. The quantitative estimate of drug-likeness (QED) is 0.494. The molecule has 0 spiro atoms. The number of ketones is 1. The summed E-state index contributed by atoms with van der Waals surface area (Å²) in [6, 6.07) is 11.9. The van der Waals surface area contributed by atoms with Gasteiger partial charge in [-0.15, -0.1) is 0 Å². The van der Waals surface area contributed by atoms with Crippen LogP contribution in [-0.4, -0.2) is 34.4 Å². The van der Waals surface area contributed by atoms with E-state index in [-0.39, 0.29) is 41.3 Å². The Kier molecular flexibility index (Phi) is 4.41. The van der Waals surface area contributed by atoms with Crippen molar-refractivity contribution >= 4 is 29.2 Å². The van der Waals surface area contributed by atoms with Gasteiger partial charge in [-0.05, 0) is 54.4 Å². The minimum atomic E-state index is -0.865. The molecule has 6 heteroatoms. The molecule has 0 radical (unpaired) electrons. The maximum absolute atomic E-state index is 13.3. The van der Waals surface area contributed by atoms with Gasteiger partial charge in [0.1, 0.15) is 6.04 Å². The molecule has 2 fully saturated rings. The highest BCUT2D eigenvalue weighted by atomic mass is 16.2. The van der Waals surface area contributed by atoms with E-state index in [2.05, 4.69) is 17.5 Å². The van der Waals surface area contributed by atoms with Gasteiger partial charge in [0.15, 0.2) is 5.78 Å². The van der Waals surface area contributed by atoms with Crippen molar-refractivity contribution < 1.29 is 19.2 Å². The number of nitrogens with one attached hydrogen (secondary N) is 1. The lowest BCUT2D eigenvalue weighted by Crippen LogP contribution is -2.47. The lowest BCUT2D eigenvalue weighted by Gasteiger charge is -2.38. The smallest absolute Gasteiger partial charge is 0.247 e. The van der Waals surface area contributed by atoms with Gasteiger partial charge < -0.3 is 5.32 Å². The third kappa shape index (κ3) is 2.79. The van der Waals surface area contributed by atoms with Gasteiger partial charge in [-0.2, -0.15) is 0 Å². The molecule has 2 bridgehead atoms. The number of amides is 3. The molecule has 5 aliphatic rings. The molecule has 2 aromatic rings. The number of rotatable bonds is 4. The number of hydrogen-bond donors (Lipinski definition) is 1. The van der Waals surface area contributed by atoms with Crippen LogP contribution in [0.2, 0.25) is 0 Å². The summed E-state index contributed by atoms with van der Waals surface area (Å²) < 4.78 is 0. The highest BCUT2D eigenvalue weighted by molar-refractivity contribution is 6.22. The fraction of sp³-hybridized carbons (Fsp3) is 0.333. The molecular formula is C27H24N2O4. The molecule has 1 heterocycles. The number of carbonyl (C=O) groups is 4. The minimum absolute atomic E-state index is 0.0688. The molecule has 1 saturated heterocycles. The second-order valence-corrected chi connectivity index (χ2v) is 9.44. The molecule has 5 atom stereocenters. The number of allylic oxidation sites excluding steroid dienone is 2. The lowest BCUT2D eigenvalue weighted by atomic mass is 9.63. The van der Waals surface area contributed by atoms with Crippen molar-refractivity contribution in [3.05, 3.63) is 65.7 Å². The average Bonchev–Trinajstić information content (AvgIpc) is 3.28. The van der Waals surface area contributed by atoms with Gasteiger partial charge in [-0.25, -0.2) is 0 Å². The molecule has 2 aromatic carbocycles. The lowest BCUT2D eigenvalue weighted by molar-refractivity contribution is -0.146. The zero-order chi connectivity index (χ0) is 22.9. The fourth-order valence-electron chi connectivity index (χ4n) is 6.22. The van der Waals surface area contributed by atoms with Crippen LogP contribution in [0.4, 0.5) is 5.69 Å². The summed E-state index contributed by atoms with van der Waals surface area (Å²) >= 11 is 0. The molecular weight excluding hydrogens is 416 g/mol. The summed E-state index contributed by atoms with van der Waals surface area (Å²) in [6.45, 7) is 1.81. The molecule has 6 nitrogen and oxygen atoms in total. The highest BCUT2D eigenvalue weighted by Crippen LogP contribution is 2.50. The van der Waals surface area contributed by atoms with Crippen LogP contribution >= 0.6 is 0 Å². The van der Waals surface area contributed by atoms with Gasteiger partial charge in [-0.3, -0.25) is 24.1 Å². The maximum Gasteiger partial charge on any atom is 0.247 e. The Morgan fingerprint density at radius 2 is 1.52 bits per heavy atom. The second kappa shape index (κ2) is 7.24. The average molecular weight is 440 g/mol. The summed E-state index contributed by atoms with van der Waals surface area (Å²) in [4.78, 5) is 53.8.